The number of aromatic nitrogens is 6. The largest absolute Gasteiger partial charge is 0.504 e. The molecule has 260 valence electrons. The molecule has 5 heterocycles. The van der Waals surface area contributed by atoms with Gasteiger partial charge in [0.15, 0.2) is 17.3 Å². The first-order chi connectivity index (χ1) is 23.9. The van der Waals surface area contributed by atoms with Crippen LogP contribution in [-0.4, -0.2) is 76.8 Å². The molecule has 17 heteroatoms. The van der Waals surface area contributed by atoms with Gasteiger partial charge in [-0.25, -0.2) is 9.97 Å². The monoisotopic (exact) mass is 710 g/mol. The molecule has 3 atom stereocenters. The second-order valence-corrected chi connectivity index (χ2v) is 13.5. The summed E-state index contributed by atoms with van der Waals surface area (Å²) in [4.78, 5) is 55.9. The zero-order valence-electron chi connectivity index (χ0n) is 26.6. The van der Waals surface area contributed by atoms with Crippen LogP contribution in [0.15, 0.2) is 35.4 Å². The third-order valence-electron chi connectivity index (χ3n) is 10.4. The van der Waals surface area contributed by atoms with Gasteiger partial charge in [-0.15, -0.1) is 5.10 Å². The Labute approximate surface area is 286 Å². The zero-order valence-corrected chi connectivity index (χ0v) is 27.4. The Kier molecular flexibility index (Phi) is 7.52. The molecule has 1 saturated carbocycles. The van der Waals surface area contributed by atoms with E-state index in [0.717, 1.165) is 23.8 Å². The highest BCUT2D eigenvalue weighted by Gasteiger charge is 2.63. The Morgan fingerprint density at radius 2 is 2.02 bits per heavy atom. The van der Waals surface area contributed by atoms with Crippen LogP contribution in [0.5, 0.6) is 5.75 Å². The van der Waals surface area contributed by atoms with E-state index in [9.17, 15) is 32.7 Å². The van der Waals surface area contributed by atoms with E-state index in [4.69, 9.17) is 21.3 Å². The SMILES string of the molecule is Cc1ncnc(C(=O)N2CCC3(CCc4c3c(=O)n3nc(C5=CCOCC5)nc3n4CC(=O)Nc3ccc(C(F)(F)F)cc3Cl)C3CC32)c1O. The molecular weight excluding hydrogens is 681 g/mol. The number of nitrogens with one attached hydrogen (secondary N) is 1. The highest BCUT2D eigenvalue weighted by molar-refractivity contribution is 6.33. The van der Waals surface area contributed by atoms with E-state index < -0.39 is 29.0 Å². The van der Waals surface area contributed by atoms with Gasteiger partial charge in [0.25, 0.3) is 11.5 Å². The summed E-state index contributed by atoms with van der Waals surface area (Å²) in [7, 11) is 0. The summed E-state index contributed by atoms with van der Waals surface area (Å²) in [6.45, 7) is 2.43. The van der Waals surface area contributed by atoms with E-state index in [0.29, 0.717) is 74.6 Å². The quantitative estimate of drug-likeness (QED) is 0.313. The molecule has 3 aromatic heterocycles. The molecular formula is C33H30ClF3N8O5. The Morgan fingerprint density at radius 3 is 2.76 bits per heavy atom. The van der Waals surface area contributed by atoms with Gasteiger partial charge in [0.05, 0.1) is 35.2 Å². The lowest BCUT2D eigenvalue weighted by Crippen LogP contribution is -2.48. The van der Waals surface area contributed by atoms with Crippen molar-refractivity contribution in [3.05, 3.63) is 80.0 Å². The van der Waals surface area contributed by atoms with Crippen LogP contribution in [0, 0.1) is 12.8 Å². The summed E-state index contributed by atoms with van der Waals surface area (Å²) in [6, 6.07) is 2.51. The van der Waals surface area contributed by atoms with E-state index in [2.05, 4.69) is 20.4 Å². The molecule has 50 heavy (non-hydrogen) atoms. The lowest BCUT2D eigenvalue weighted by molar-refractivity contribution is -0.137. The van der Waals surface area contributed by atoms with E-state index in [-0.39, 0.29) is 52.0 Å². The van der Waals surface area contributed by atoms with Gasteiger partial charge < -0.3 is 24.6 Å². The minimum atomic E-state index is -4.60. The number of nitrogens with zero attached hydrogens (tertiary/aromatic N) is 7. The average molecular weight is 711 g/mol. The van der Waals surface area contributed by atoms with Crippen LogP contribution in [0.25, 0.3) is 11.4 Å². The summed E-state index contributed by atoms with van der Waals surface area (Å²) in [5.41, 5.74) is 0.332. The van der Waals surface area contributed by atoms with Crippen molar-refractivity contribution >= 4 is 40.5 Å². The Balaban J connectivity index is 1.16. The summed E-state index contributed by atoms with van der Waals surface area (Å²) in [6.07, 6.45) is 1.20. The number of halogens is 4. The number of benzene rings is 1. The first-order valence-corrected chi connectivity index (χ1v) is 16.5. The van der Waals surface area contributed by atoms with Crippen LogP contribution in [0.4, 0.5) is 18.9 Å². The normalized spacial score (nSPS) is 22.7. The van der Waals surface area contributed by atoms with Gasteiger partial charge in [-0.3, -0.25) is 14.4 Å². The van der Waals surface area contributed by atoms with Gasteiger partial charge in [-0.1, -0.05) is 17.7 Å². The number of piperidine rings is 1. The van der Waals surface area contributed by atoms with Crippen molar-refractivity contribution in [1.82, 2.24) is 34.0 Å². The van der Waals surface area contributed by atoms with Crippen LogP contribution in [0.3, 0.4) is 0 Å². The van der Waals surface area contributed by atoms with Crippen LogP contribution in [-0.2, 0) is 34.1 Å². The average Bonchev–Trinajstić information content (AvgIpc) is 3.63. The number of hydrogen-bond acceptors (Lipinski definition) is 9. The minimum Gasteiger partial charge on any atom is -0.504 e. The van der Waals surface area contributed by atoms with Crippen LogP contribution in [0.2, 0.25) is 5.02 Å². The Bertz CT molecular complexity index is 2200. The van der Waals surface area contributed by atoms with Crippen LogP contribution in [0.1, 0.15) is 64.5 Å². The second kappa shape index (κ2) is 11.6. The molecule has 2 aliphatic carbocycles. The van der Waals surface area contributed by atoms with Gasteiger partial charge in [0.2, 0.25) is 11.7 Å². The molecule has 1 spiro atoms. The molecule has 2 fully saturated rings. The molecule has 4 aliphatic rings. The molecule has 8 rings (SSSR count). The summed E-state index contributed by atoms with van der Waals surface area (Å²) < 4.78 is 47.9. The van der Waals surface area contributed by atoms with Crippen molar-refractivity contribution < 1.29 is 32.6 Å². The number of amides is 2. The maximum absolute atomic E-state index is 14.4. The highest BCUT2D eigenvalue weighted by atomic mass is 35.5. The highest BCUT2D eigenvalue weighted by Crippen LogP contribution is 2.60. The molecule has 2 N–H and O–H groups in total. The summed E-state index contributed by atoms with van der Waals surface area (Å²) in [5, 5.41) is 17.4. The minimum absolute atomic E-state index is 0.00661. The molecule has 13 nitrogen and oxygen atoms in total. The number of hydrogen-bond donors (Lipinski definition) is 2. The van der Waals surface area contributed by atoms with Crippen LogP contribution >= 0.6 is 11.6 Å². The topological polar surface area (TPSA) is 157 Å². The first-order valence-electron chi connectivity index (χ1n) is 16.2. The van der Waals surface area contributed by atoms with Crippen molar-refractivity contribution in [3.63, 3.8) is 0 Å². The third-order valence-corrected chi connectivity index (χ3v) is 10.7. The first kappa shape index (κ1) is 32.4. The van der Waals surface area contributed by atoms with E-state index in [1.54, 1.807) is 16.4 Å². The van der Waals surface area contributed by atoms with E-state index in [1.807, 2.05) is 6.08 Å². The fraction of sp³-hybridized carbons (Fsp3) is 0.424. The summed E-state index contributed by atoms with van der Waals surface area (Å²) in [5.74, 6) is -0.787. The third kappa shape index (κ3) is 5.14. The number of likely N-dealkylation sites (tertiary alicyclic amines) is 1. The number of rotatable bonds is 5. The number of carbonyl (C=O) groups is 2. The molecule has 0 bridgehead atoms. The number of aromatic hydroxyl groups is 1. The number of anilines is 1. The molecule has 3 unspecified atom stereocenters. The zero-order chi connectivity index (χ0) is 35.1. The van der Waals surface area contributed by atoms with E-state index in [1.165, 1.54) is 10.8 Å². The number of ether oxygens (including phenoxy) is 1. The lowest BCUT2D eigenvalue weighted by atomic mass is 9.73. The number of alkyl halides is 3. The van der Waals surface area contributed by atoms with Crippen molar-refractivity contribution in [2.24, 2.45) is 5.92 Å². The molecule has 4 aromatic rings. The maximum atomic E-state index is 14.4. The van der Waals surface area contributed by atoms with Gasteiger partial charge in [-0.05, 0) is 68.7 Å². The van der Waals surface area contributed by atoms with E-state index >= 15 is 0 Å². The fourth-order valence-corrected chi connectivity index (χ4v) is 8.14. The molecule has 1 saturated heterocycles. The second-order valence-electron chi connectivity index (χ2n) is 13.1. The summed E-state index contributed by atoms with van der Waals surface area (Å²) >= 11 is 6.13. The molecule has 0 radical (unpaired) electrons. The van der Waals surface area contributed by atoms with Crippen molar-refractivity contribution in [3.8, 4) is 5.75 Å². The Hall–Kier alpha value is -4.83. The molecule has 2 amide bonds. The Morgan fingerprint density at radius 1 is 1.20 bits per heavy atom. The molecule has 1 aromatic carbocycles. The number of aryl methyl sites for hydroxylation is 1. The van der Waals surface area contributed by atoms with Crippen molar-refractivity contribution in [2.45, 2.75) is 63.2 Å². The number of fused-ring (bicyclic) bond motifs is 5. The van der Waals surface area contributed by atoms with Crippen molar-refractivity contribution in [2.75, 3.05) is 25.1 Å². The fourth-order valence-electron chi connectivity index (χ4n) is 7.91. The smallest absolute Gasteiger partial charge is 0.416 e. The number of carbonyl (C=O) groups excluding carboxylic acids is 2. The molecule has 2 aliphatic heterocycles. The standard InChI is InChI=1S/C33H30ClF3N8O5/c1-16-27(47)26(39-15-38-16)30(49)43-9-8-32(19-13-23(19)43)7-4-22-25(32)29(48)45-31(41-28(42-45)17-5-10-50-11-6-17)44(22)14-24(46)40-21-3-2-18(12-20(21)34)33(35,36)37/h2-3,5,12,15,19,23,47H,4,6-11,13-14H2,1H3,(H,40,46). The predicted molar refractivity (Wildman–Crippen MR) is 172 cm³/mol. The van der Waals surface area contributed by atoms with Crippen LogP contribution < -0.4 is 10.9 Å². The van der Waals surface area contributed by atoms with Gasteiger partial charge >= 0.3 is 6.18 Å². The van der Waals surface area contributed by atoms with Gasteiger partial charge in [0.1, 0.15) is 12.9 Å². The predicted octanol–water partition coefficient (Wildman–Crippen LogP) is 3.93. The lowest BCUT2D eigenvalue weighted by Gasteiger charge is -2.39. The van der Waals surface area contributed by atoms with Gasteiger partial charge in [-0.2, -0.15) is 22.7 Å². The van der Waals surface area contributed by atoms with Gasteiger partial charge in [0, 0.05) is 29.3 Å². The maximum Gasteiger partial charge on any atom is 0.416 e. The van der Waals surface area contributed by atoms with Crippen molar-refractivity contribution in [1.29, 1.82) is 0 Å².